The molecule has 0 aliphatic carbocycles. The van der Waals surface area contributed by atoms with Crippen LogP contribution in [0.25, 0.3) is 0 Å². The van der Waals surface area contributed by atoms with Gasteiger partial charge in [0.25, 0.3) is 0 Å². The van der Waals surface area contributed by atoms with Gasteiger partial charge in [-0.2, -0.15) is 0 Å². The highest BCUT2D eigenvalue weighted by atomic mass is 35.5. The number of hydrogen-bond donors (Lipinski definition) is 1. The first-order valence-corrected chi connectivity index (χ1v) is 6.79. The van der Waals surface area contributed by atoms with Gasteiger partial charge in [-0.05, 0) is 26.0 Å². The van der Waals surface area contributed by atoms with Gasteiger partial charge in [0, 0.05) is 36.4 Å². The first kappa shape index (κ1) is 16.1. The maximum Gasteiger partial charge on any atom is 0.165 e. The number of ether oxygens (including phenoxy) is 3. The summed E-state index contributed by atoms with van der Waals surface area (Å²) in [7, 11) is 3.23. The molecule has 0 saturated heterocycles. The molecule has 1 aromatic carbocycles. The lowest BCUT2D eigenvalue weighted by atomic mass is 10.2. The molecule has 0 radical (unpaired) electrons. The van der Waals surface area contributed by atoms with Crippen LogP contribution in [0, 0.1) is 0 Å². The summed E-state index contributed by atoms with van der Waals surface area (Å²) in [5, 5.41) is 3.98. The maximum atomic E-state index is 6.06. The Labute approximate surface area is 120 Å². The molecule has 1 rings (SSSR count). The van der Waals surface area contributed by atoms with Gasteiger partial charge in [-0.15, -0.1) is 0 Å². The van der Waals surface area contributed by atoms with Crippen LogP contribution in [-0.2, 0) is 11.3 Å². The van der Waals surface area contributed by atoms with Crippen molar-refractivity contribution in [2.45, 2.75) is 19.9 Å². The fourth-order valence-electron chi connectivity index (χ4n) is 1.80. The molecular weight excluding hydrogens is 266 g/mol. The van der Waals surface area contributed by atoms with Gasteiger partial charge < -0.3 is 19.5 Å². The smallest absolute Gasteiger partial charge is 0.165 e. The third-order valence-electron chi connectivity index (χ3n) is 2.68. The quantitative estimate of drug-likeness (QED) is 0.709. The zero-order valence-corrected chi connectivity index (χ0v) is 12.5. The van der Waals surface area contributed by atoms with E-state index >= 15 is 0 Å². The summed E-state index contributed by atoms with van der Waals surface area (Å²) in [6.45, 7) is 5.11. The Bertz CT molecular complexity index is 385. The zero-order valence-electron chi connectivity index (χ0n) is 11.8. The predicted octanol–water partition coefficient (Wildman–Crippen LogP) is 2.87. The van der Waals surface area contributed by atoms with Crippen molar-refractivity contribution in [3.05, 3.63) is 22.7 Å². The van der Waals surface area contributed by atoms with E-state index < -0.39 is 0 Å². The molecular formula is C14H22ClNO3. The number of rotatable bonds is 9. The monoisotopic (exact) mass is 287 g/mol. The van der Waals surface area contributed by atoms with E-state index in [0.717, 1.165) is 37.5 Å². The van der Waals surface area contributed by atoms with Crippen LogP contribution >= 0.6 is 11.6 Å². The van der Waals surface area contributed by atoms with Crippen LogP contribution in [0.2, 0.25) is 5.02 Å². The molecule has 0 fully saturated rings. The number of methoxy groups -OCH3 is 2. The third-order valence-corrected chi connectivity index (χ3v) is 2.90. The Morgan fingerprint density at radius 1 is 1.21 bits per heavy atom. The lowest BCUT2D eigenvalue weighted by Crippen LogP contribution is -2.17. The van der Waals surface area contributed by atoms with Gasteiger partial charge in [-0.25, -0.2) is 0 Å². The Morgan fingerprint density at radius 3 is 2.63 bits per heavy atom. The maximum absolute atomic E-state index is 6.06. The number of nitrogens with one attached hydrogen (secondary N) is 1. The minimum atomic E-state index is 0.642. The van der Waals surface area contributed by atoms with Gasteiger partial charge in [0.05, 0.1) is 14.2 Å². The molecule has 0 saturated carbocycles. The van der Waals surface area contributed by atoms with E-state index in [0.29, 0.717) is 17.3 Å². The largest absolute Gasteiger partial charge is 0.493 e. The standard InChI is InChI=1S/C14H22ClNO3/c1-4-19-7-5-6-16-10-11-8-12(15)9-13(17-2)14(11)18-3/h8-9,16H,4-7,10H2,1-3H3. The summed E-state index contributed by atoms with van der Waals surface area (Å²) in [4.78, 5) is 0. The van der Waals surface area contributed by atoms with E-state index in [9.17, 15) is 0 Å². The van der Waals surface area contributed by atoms with Crippen molar-refractivity contribution in [3.8, 4) is 11.5 Å². The summed E-state index contributed by atoms with van der Waals surface area (Å²) in [5.74, 6) is 1.38. The van der Waals surface area contributed by atoms with Crippen LogP contribution in [0.1, 0.15) is 18.9 Å². The van der Waals surface area contributed by atoms with E-state index in [1.807, 2.05) is 13.0 Å². The van der Waals surface area contributed by atoms with E-state index in [-0.39, 0.29) is 0 Å². The Morgan fingerprint density at radius 2 is 2.00 bits per heavy atom. The van der Waals surface area contributed by atoms with Crippen molar-refractivity contribution in [2.24, 2.45) is 0 Å². The van der Waals surface area contributed by atoms with Gasteiger partial charge in [-0.3, -0.25) is 0 Å². The molecule has 1 N–H and O–H groups in total. The van der Waals surface area contributed by atoms with E-state index in [2.05, 4.69) is 5.32 Å². The van der Waals surface area contributed by atoms with Crippen LogP contribution in [0.15, 0.2) is 12.1 Å². The Hall–Kier alpha value is -0.970. The van der Waals surface area contributed by atoms with E-state index in [1.165, 1.54) is 0 Å². The topological polar surface area (TPSA) is 39.7 Å². The molecule has 0 spiro atoms. The lowest BCUT2D eigenvalue weighted by Gasteiger charge is -2.14. The van der Waals surface area contributed by atoms with Gasteiger partial charge >= 0.3 is 0 Å². The van der Waals surface area contributed by atoms with Crippen LogP contribution in [0.4, 0.5) is 0 Å². The minimum Gasteiger partial charge on any atom is -0.493 e. The van der Waals surface area contributed by atoms with E-state index in [4.69, 9.17) is 25.8 Å². The Kier molecular flexibility index (Phi) is 7.63. The molecule has 0 aliphatic heterocycles. The zero-order chi connectivity index (χ0) is 14.1. The molecule has 108 valence electrons. The van der Waals surface area contributed by atoms with Gasteiger partial charge in [0.1, 0.15) is 0 Å². The number of hydrogen-bond acceptors (Lipinski definition) is 4. The van der Waals surface area contributed by atoms with Crippen LogP contribution in [-0.4, -0.2) is 34.0 Å². The molecule has 0 aliphatic rings. The van der Waals surface area contributed by atoms with Crippen molar-refractivity contribution < 1.29 is 14.2 Å². The summed E-state index contributed by atoms with van der Waals surface area (Å²) < 4.78 is 15.9. The minimum absolute atomic E-state index is 0.642. The van der Waals surface area contributed by atoms with Crippen LogP contribution < -0.4 is 14.8 Å². The second-order valence-corrected chi connectivity index (χ2v) is 4.46. The van der Waals surface area contributed by atoms with Crippen LogP contribution in [0.3, 0.4) is 0 Å². The molecule has 4 nitrogen and oxygen atoms in total. The van der Waals surface area contributed by atoms with Gasteiger partial charge in [0.2, 0.25) is 0 Å². The average molecular weight is 288 g/mol. The van der Waals surface area contributed by atoms with Gasteiger partial charge in [0.15, 0.2) is 11.5 Å². The van der Waals surface area contributed by atoms with Crippen molar-refractivity contribution in [1.82, 2.24) is 5.32 Å². The van der Waals surface area contributed by atoms with Crippen molar-refractivity contribution in [2.75, 3.05) is 34.0 Å². The summed E-state index contributed by atoms with van der Waals surface area (Å²) in [6.07, 6.45) is 0.980. The SMILES string of the molecule is CCOCCCNCc1cc(Cl)cc(OC)c1OC. The van der Waals surface area contributed by atoms with Gasteiger partial charge in [-0.1, -0.05) is 11.6 Å². The number of benzene rings is 1. The molecule has 19 heavy (non-hydrogen) atoms. The second kappa shape index (κ2) is 9.02. The van der Waals surface area contributed by atoms with Crippen molar-refractivity contribution in [3.63, 3.8) is 0 Å². The fourth-order valence-corrected chi connectivity index (χ4v) is 2.03. The fraction of sp³-hybridized carbons (Fsp3) is 0.571. The number of halogens is 1. The first-order valence-electron chi connectivity index (χ1n) is 6.41. The molecule has 5 heteroatoms. The lowest BCUT2D eigenvalue weighted by molar-refractivity contribution is 0.144. The molecule has 0 aromatic heterocycles. The molecule has 0 heterocycles. The molecule has 0 amide bonds. The predicted molar refractivity (Wildman–Crippen MR) is 77.4 cm³/mol. The summed E-state index contributed by atoms with van der Waals surface area (Å²) in [5.41, 5.74) is 0.989. The highest BCUT2D eigenvalue weighted by Crippen LogP contribution is 2.34. The molecule has 0 bridgehead atoms. The van der Waals surface area contributed by atoms with Crippen molar-refractivity contribution >= 4 is 11.6 Å². The second-order valence-electron chi connectivity index (χ2n) is 4.03. The molecule has 0 atom stereocenters. The van der Waals surface area contributed by atoms with Crippen molar-refractivity contribution in [1.29, 1.82) is 0 Å². The summed E-state index contributed by atoms with van der Waals surface area (Å²) in [6, 6.07) is 3.64. The normalized spacial score (nSPS) is 10.5. The Balaban J connectivity index is 2.54. The summed E-state index contributed by atoms with van der Waals surface area (Å²) >= 11 is 6.06. The first-order chi connectivity index (χ1) is 9.22. The third kappa shape index (κ3) is 5.27. The molecule has 1 aromatic rings. The van der Waals surface area contributed by atoms with Crippen LogP contribution in [0.5, 0.6) is 11.5 Å². The highest BCUT2D eigenvalue weighted by Gasteiger charge is 2.11. The molecule has 0 unspecified atom stereocenters. The highest BCUT2D eigenvalue weighted by molar-refractivity contribution is 6.30. The average Bonchev–Trinajstić information content (AvgIpc) is 2.42. The van der Waals surface area contributed by atoms with E-state index in [1.54, 1.807) is 20.3 Å².